The number of aliphatic hydroxyl groups excluding tert-OH is 1. The van der Waals surface area contributed by atoms with E-state index in [1.54, 1.807) is 24.3 Å². The molecule has 0 spiro atoms. The Morgan fingerprint density at radius 1 is 1.10 bits per heavy atom. The van der Waals surface area contributed by atoms with E-state index in [0.717, 1.165) is 17.5 Å². The Kier molecular flexibility index (Phi) is 3.66. The highest BCUT2D eigenvalue weighted by molar-refractivity contribution is 6.34. The van der Waals surface area contributed by atoms with E-state index >= 15 is 0 Å². The van der Waals surface area contributed by atoms with Crippen molar-refractivity contribution in [2.45, 2.75) is 12.5 Å². The van der Waals surface area contributed by atoms with Crippen LogP contribution in [-0.2, 0) is 6.42 Å². The number of hydrogen-bond acceptors (Lipinski definition) is 2. The van der Waals surface area contributed by atoms with Gasteiger partial charge in [0.1, 0.15) is 23.5 Å². The van der Waals surface area contributed by atoms with Crippen molar-refractivity contribution >= 4 is 22.6 Å². The molecule has 2 nitrogen and oxygen atoms in total. The molecule has 21 heavy (non-hydrogen) atoms. The molecule has 3 rings (SSSR count). The zero-order valence-electron chi connectivity index (χ0n) is 10.8. The molecule has 0 bridgehead atoms. The van der Waals surface area contributed by atoms with Crippen LogP contribution in [0.3, 0.4) is 0 Å². The summed E-state index contributed by atoms with van der Waals surface area (Å²) in [4.78, 5) is 0. The largest absolute Gasteiger partial charge is 0.457 e. The standard InChI is InChI=1S/C16H11ClF2O2/c17-11-4-1-3-9-7-15(21-16(9)11)14(20)8-10-12(18)5-2-6-13(10)19/h1-7,14,20H,8H2. The summed E-state index contributed by atoms with van der Waals surface area (Å²) in [6, 6.07) is 10.4. The highest BCUT2D eigenvalue weighted by Crippen LogP contribution is 2.31. The van der Waals surface area contributed by atoms with Gasteiger partial charge in [0.15, 0.2) is 5.58 Å². The smallest absolute Gasteiger partial charge is 0.152 e. The number of rotatable bonds is 3. The third-order valence-corrected chi connectivity index (χ3v) is 3.60. The van der Waals surface area contributed by atoms with E-state index in [0.29, 0.717) is 10.6 Å². The third-order valence-electron chi connectivity index (χ3n) is 3.30. The minimum Gasteiger partial charge on any atom is -0.457 e. The number of furan rings is 1. The number of aliphatic hydroxyl groups is 1. The summed E-state index contributed by atoms with van der Waals surface area (Å²) in [6.45, 7) is 0. The molecule has 0 amide bonds. The Bertz CT molecular complexity index is 778. The van der Waals surface area contributed by atoms with Gasteiger partial charge in [-0.25, -0.2) is 8.78 Å². The molecule has 0 saturated carbocycles. The third kappa shape index (κ3) is 2.64. The van der Waals surface area contributed by atoms with Crippen molar-refractivity contribution in [2.24, 2.45) is 0 Å². The van der Waals surface area contributed by atoms with Crippen LogP contribution in [0.15, 0.2) is 46.9 Å². The van der Waals surface area contributed by atoms with Gasteiger partial charge in [-0.3, -0.25) is 0 Å². The van der Waals surface area contributed by atoms with Crippen molar-refractivity contribution in [1.29, 1.82) is 0 Å². The highest BCUT2D eigenvalue weighted by Gasteiger charge is 2.19. The molecule has 1 aromatic heterocycles. The van der Waals surface area contributed by atoms with Gasteiger partial charge in [0.05, 0.1) is 5.02 Å². The molecule has 0 aliphatic carbocycles. The van der Waals surface area contributed by atoms with Gasteiger partial charge in [0.25, 0.3) is 0 Å². The molecule has 1 heterocycles. The van der Waals surface area contributed by atoms with Gasteiger partial charge in [0.2, 0.25) is 0 Å². The summed E-state index contributed by atoms with van der Waals surface area (Å²) in [6.07, 6.45) is -1.37. The molecule has 0 fully saturated rings. The minimum atomic E-state index is -1.15. The minimum absolute atomic E-state index is 0.170. The maximum absolute atomic E-state index is 13.6. The van der Waals surface area contributed by atoms with Gasteiger partial charge >= 0.3 is 0 Å². The van der Waals surface area contributed by atoms with E-state index in [-0.39, 0.29) is 17.7 Å². The Labute approximate surface area is 124 Å². The first-order valence-corrected chi connectivity index (χ1v) is 6.73. The molecular weight excluding hydrogens is 298 g/mol. The fraction of sp³-hybridized carbons (Fsp3) is 0.125. The summed E-state index contributed by atoms with van der Waals surface area (Å²) in [5.74, 6) is -1.16. The number of fused-ring (bicyclic) bond motifs is 1. The van der Waals surface area contributed by atoms with Crippen molar-refractivity contribution in [2.75, 3.05) is 0 Å². The Balaban J connectivity index is 1.94. The van der Waals surface area contributed by atoms with Crippen LogP contribution in [0.5, 0.6) is 0 Å². The maximum Gasteiger partial charge on any atom is 0.152 e. The highest BCUT2D eigenvalue weighted by atomic mass is 35.5. The number of halogens is 3. The fourth-order valence-electron chi connectivity index (χ4n) is 2.23. The van der Waals surface area contributed by atoms with E-state index in [1.807, 2.05) is 0 Å². The Hall–Kier alpha value is -1.91. The van der Waals surface area contributed by atoms with Crippen LogP contribution >= 0.6 is 11.6 Å². The van der Waals surface area contributed by atoms with Gasteiger partial charge in [-0.1, -0.05) is 29.8 Å². The lowest BCUT2D eigenvalue weighted by molar-refractivity contribution is 0.150. The lowest BCUT2D eigenvalue weighted by atomic mass is 10.0. The molecule has 1 unspecified atom stereocenters. The molecule has 3 aromatic rings. The zero-order chi connectivity index (χ0) is 15.0. The molecule has 2 aromatic carbocycles. The maximum atomic E-state index is 13.6. The lowest BCUT2D eigenvalue weighted by Gasteiger charge is -2.09. The Morgan fingerprint density at radius 2 is 1.76 bits per heavy atom. The van der Waals surface area contributed by atoms with E-state index in [2.05, 4.69) is 0 Å². The molecule has 0 aliphatic heterocycles. The average Bonchev–Trinajstić information content (AvgIpc) is 2.88. The number of benzene rings is 2. The van der Waals surface area contributed by atoms with Crippen molar-refractivity contribution in [3.63, 3.8) is 0 Å². The van der Waals surface area contributed by atoms with E-state index in [9.17, 15) is 13.9 Å². The predicted molar refractivity (Wildman–Crippen MR) is 76.2 cm³/mol. The van der Waals surface area contributed by atoms with E-state index in [4.69, 9.17) is 16.0 Å². The first-order chi connectivity index (χ1) is 10.1. The van der Waals surface area contributed by atoms with Crippen LogP contribution in [0.2, 0.25) is 5.02 Å². The van der Waals surface area contributed by atoms with Crippen LogP contribution in [-0.4, -0.2) is 5.11 Å². The van der Waals surface area contributed by atoms with Crippen molar-refractivity contribution in [3.05, 3.63) is 70.4 Å². The van der Waals surface area contributed by atoms with Crippen LogP contribution in [0.25, 0.3) is 11.0 Å². The SMILES string of the molecule is OC(Cc1c(F)cccc1F)c1cc2cccc(Cl)c2o1. The van der Waals surface area contributed by atoms with Crippen LogP contribution < -0.4 is 0 Å². The first-order valence-electron chi connectivity index (χ1n) is 6.35. The average molecular weight is 309 g/mol. The fourth-order valence-corrected chi connectivity index (χ4v) is 2.45. The second-order valence-electron chi connectivity index (χ2n) is 4.73. The van der Waals surface area contributed by atoms with Gasteiger partial charge in [-0.2, -0.15) is 0 Å². The van der Waals surface area contributed by atoms with Gasteiger partial charge in [0, 0.05) is 17.4 Å². The van der Waals surface area contributed by atoms with Crippen LogP contribution in [0.1, 0.15) is 17.4 Å². The summed E-state index contributed by atoms with van der Waals surface area (Å²) < 4.78 is 32.7. The molecule has 5 heteroatoms. The zero-order valence-corrected chi connectivity index (χ0v) is 11.6. The van der Waals surface area contributed by atoms with Crippen molar-refractivity contribution in [1.82, 2.24) is 0 Å². The predicted octanol–water partition coefficient (Wildman–Crippen LogP) is 4.64. The molecule has 1 N–H and O–H groups in total. The normalized spacial score (nSPS) is 12.8. The monoisotopic (exact) mass is 308 g/mol. The summed E-state index contributed by atoms with van der Waals surface area (Å²) in [7, 11) is 0. The lowest BCUT2D eigenvalue weighted by Crippen LogP contribution is -2.04. The summed E-state index contributed by atoms with van der Waals surface area (Å²) >= 11 is 5.99. The number of hydrogen-bond donors (Lipinski definition) is 1. The summed E-state index contributed by atoms with van der Waals surface area (Å²) in [5.41, 5.74) is 0.277. The van der Waals surface area contributed by atoms with Crippen molar-refractivity contribution < 1.29 is 18.3 Å². The second-order valence-corrected chi connectivity index (χ2v) is 5.13. The molecular formula is C16H11ClF2O2. The summed E-state index contributed by atoms with van der Waals surface area (Å²) in [5, 5.41) is 11.3. The second kappa shape index (κ2) is 5.47. The van der Waals surface area contributed by atoms with E-state index in [1.165, 1.54) is 6.07 Å². The van der Waals surface area contributed by atoms with Gasteiger partial charge in [-0.15, -0.1) is 0 Å². The number of para-hydroxylation sites is 1. The quantitative estimate of drug-likeness (QED) is 0.764. The molecule has 1 atom stereocenters. The Morgan fingerprint density at radius 3 is 2.43 bits per heavy atom. The first kappa shape index (κ1) is 14.0. The van der Waals surface area contributed by atoms with Gasteiger partial charge in [-0.05, 0) is 24.3 Å². The van der Waals surface area contributed by atoms with Gasteiger partial charge < -0.3 is 9.52 Å². The molecule has 0 aliphatic rings. The van der Waals surface area contributed by atoms with Crippen LogP contribution in [0.4, 0.5) is 8.78 Å². The molecule has 108 valence electrons. The van der Waals surface area contributed by atoms with Crippen molar-refractivity contribution in [3.8, 4) is 0 Å². The van der Waals surface area contributed by atoms with E-state index < -0.39 is 17.7 Å². The molecule has 0 saturated heterocycles. The topological polar surface area (TPSA) is 33.4 Å². The van der Waals surface area contributed by atoms with Crippen LogP contribution in [0, 0.1) is 11.6 Å². The molecule has 0 radical (unpaired) electrons.